The minimum Gasteiger partial charge on any atom is -0.492 e. The van der Waals surface area contributed by atoms with Crippen LogP contribution in [0.5, 0.6) is 5.75 Å². The molecule has 0 radical (unpaired) electrons. The third-order valence-electron chi connectivity index (χ3n) is 2.28. The minimum absolute atomic E-state index is 0.477. The first-order chi connectivity index (χ1) is 7.63. The molecule has 1 heterocycles. The molecule has 0 amide bonds. The lowest BCUT2D eigenvalue weighted by molar-refractivity contribution is 0.153. The molecular weight excluding hydrogens is 204 g/mol. The van der Waals surface area contributed by atoms with Crippen molar-refractivity contribution in [1.29, 1.82) is 0 Å². The quantitative estimate of drug-likeness (QED) is 0.794. The molecular formula is C12H20N2O2. The molecule has 1 rings (SSSR count). The maximum absolute atomic E-state index is 9.94. The normalized spacial score (nSPS) is 12.8. The van der Waals surface area contributed by atoms with E-state index in [2.05, 4.69) is 4.98 Å². The van der Waals surface area contributed by atoms with Crippen LogP contribution in [0.25, 0.3) is 0 Å². The molecule has 16 heavy (non-hydrogen) atoms. The predicted molar refractivity (Wildman–Crippen MR) is 63.5 cm³/mol. The van der Waals surface area contributed by atoms with E-state index in [0.29, 0.717) is 18.8 Å². The Morgan fingerprint density at radius 1 is 1.44 bits per heavy atom. The van der Waals surface area contributed by atoms with Crippen molar-refractivity contribution < 1.29 is 9.84 Å². The first-order valence-electron chi connectivity index (χ1n) is 5.54. The number of ether oxygens (including phenoxy) is 1. The van der Waals surface area contributed by atoms with Crippen LogP contribution in [-0.2, 0) is 0 Å². The van der Waals surface area contributed by atoms with Crippen LogP contribution in [0.2, 0.25) is 0 Å². The number of rotatable bonds is 6. The number of hydrogen-bond acceptors (Lipinski definition) is 4. The topological polar surface area (TPSA) is 45.6 Å². The van der Waals surface area contributed by atoms with E-state index < -0.39 is 6.10 Å². The standard InChI is InChI=1S/C12H20N2O2/c1-4-16-11-7-10(8-13-9-11)12(15)5-6-14(2)3/h7-9,12,15H,4-6H2,1-3H3. The van der Waals surface area contributed by atoms with Crippen LogP contribution in [0.15, 0.2) is 18.5 Å². The molecule has 90 valence electrons. The number of hydrogen-bond donors (Lipinski definition) is 1. The molecule has 1 N–H and O–H groups in total. The average Bonchev–Trinajstić information content (AvgIpc) is 2.26. The van der Waals surface area contributed by atoms with Gasteiger partial charge in [0.25, 0.3) is 0 Å². The number of aromatic nitrogens is 1. The van der Waals surface area contributed by atoms with Crippen molar-refractivity contribution >= 4 is 0 Å². The van der Waals surface area contributed by atoms with Gasteiger partial charge in [-0.05, 0) is 33.5 Å². The molecule has 4 nitrogen and oxygen atoms in total. The Labute approximate surface area is 96.9 Å². The summed E-state index contributed by atoms with van der Waals surface area (Å²) in [6.07, 6.45) is 3.56. The molecule has 1 unspecified atom stereocenters. The lowest BCUT2D eigenvalue weighted by Gasteiger charge is -2.15. The highest BCUT2D eigenvalue weighted by Gasteiger charge is 2.09. The van der Waals surface area contributed by atoms with E-state index in [1.807, 2.05) is 32.0 Å². The number of aliphatic hydroxyl groups is 1. The molecule has 0 aliphatic rings. The molecule has 0 aliphatic carbocycles. The summed E-state index contributed by atoms with van der Waals surface area (Å²) in [5, 5.41) is 9.94. The van der Waals surface area contributed by atoms with Crippen LogP contribution >= 0.6 is 0 Å². The molecule has 0 aliphatic heterocycles. The van der Waals surface area contributed by atoms with Gasteiger partial charge in [-0.25, -0.2) is 0 Å². The van der Waals surface area contributed by atoms with E-state index in [4.69, 9.17) is 4.74 Å². The van der Waals surface area contributed by atoms with E-state index in [9.17, 15) is 5.11 Å². The smallest absolute Gasteiger partial charge is 0.137 e. The summed E-state index contributed by atoms with van der Waals surface area (Å²) in [5.74, 6) is 0.712. The van der Waals surface area contributed by atoms with Gasteiger partial charge < -0.3 is 14.7 Å². The fourth-order valence-electron chi connectivity index (χ4n) is 1.41. The van der Waals surface area contributed by atoms with Crippen LogP contribution < -0.4 is 4.74 Å². The highest BCUT2D eigenvalue weighted by Crippen LogP contribution is 2.20. The Hall–Kier alpha value is -1.13. The summed E-state index contributed by atoms with van der Waals surface area (Å²) in [6.45, 7) is 3.38. The van der Waals surface area contributed by atoms with E-state index in [1.54, 1.807) is 12.4 Å². The second kappa shape index (κ2) is 6.45. The zero-order valence-electron chi connectivity index (χ0n) is 10.2. The fraction of sp³-hybridized carbons (Fsp3) is 0.583. The molecule has 1 atom stereocenters. The maximum Gasteiger partial charge on any atom is 0.137 e. The number of nitrogens with zero attached hydrogens (tertiary/aromatic N) is 2. The first-order valence-corrected chi connectivity index (χ1v) is 5.54. The largest absolute Gasteiger partial charge is 0.492 e. The zero-order valence-corrected chi connectivity index (χ0v) is 10.2. The van der Waals surface area contributed by atoms with Crippen LogP contribution in [0.1, 0.15) is 25.0 Å². The molecule has 4 heteroatoms. The second-order valence-corrected chi connectivity index (χ2v) is 3.99. The van der Waals surface area contributed by atoms with Crippen LogP contribution in [0, 0.1) is 0 Å². The molecule has 0 saturated carbocycles. The van der Waals surface area contributed by atoms with Crippen molar-refractivity contribution in [2.75, 3.05) is 27.2 Å². The van der Waals surface area contributed by atoms with Gasteiger partial charge in [0.1, 0.15) is 5.75 Å². The maximum atomic E-state index is 9.94. The molecule has 1 aromatic rings. The molecule has 0 spiro atoms. The summed E-state index contributed by atoms with van der Waals surface area (Å²) in [7, 11) is 3.98. The third-order valence-corrected chi connectivity index (χ3v) is 2.28. The van der Waals surface area contributed by atoms with Gasteiger partial charge in [0, 0.05) is 18.3 Å². The van der Waals surface area contributed by atoms with E-state index in [0.717, 1.165) is 12.1 Å². The summed E-state index contributed by atoms with van der Waals surface area (Å²) in [5.41, 5.74) is 0.813. The predicted octanol–water partition coefficient (Wildman–Crippen LogP) is 1.47. The summed E-state index contributed by atoms with van der Waals surface area (Å²) in [6, 6.07) is 1.84. The monoisotopic (exact) mass is 224 g/mol. The van der Waals surface area contributed by atoms with Crippen molar-refractivity contribution in [3.63, 3.8) is 0 Å². The molecule has 0 aromatic carbocycles. The minimum atomic E-state index is -0.477. The van der Waals surface area contributed by atoms with Crippen LogP contribution in [0.4, 0.5) is 0 Å². The van der Waals surface area contributed by atoms with Gasteiger partial charge in [-0.15, -0.1) is 0 Å². The molecule has 1 aromatic heterocycles. The van der Waals surface area contributed by atoms with Gasteiger partial charge >= 0.3 is 0 Å². The Balaban J connectivity index is 2.60. The number of pyridine rings is 1. The average molecular weight is 224 g/mol. The van der Waals surface area contributed by atoms with Crippen molar-refractivity contribution in [2.24, 2.45) is 0 Å². The molecule has 0 saturated heterocycles. The summed E-state index contributed by atoms with van der Waals surface area (Å²) in [4.78, 5) is 6.10. The fourth-order valence-corrected chi connectivity index (χ4v) is 1.41. The zero-order chi connectivity index (χ0) is 12.0. The van der Waals surface area contributed by atoms with Crippen molar-refractivity contribution in [1.82, 2.24) is 9.88 Å². The van der Waals surface area contributed by atoms with Crippen LogP contribution in [0.3, 0.4) is 0 Å². The van der Waals surface area contributed by atoms with Crippen molar-refractivity contribution in [3.8, 4) is 5.75 Å². The lowest BCUT2D eigenvalue weighted by Crippen LogP contribution is -2.16. The van der Waals surface area contributed by atoms with E-state index >= 15 is 0 Å². The molecule has 0 fully saturated rings. The lowest BCUT2D eigenvalue weighted by atomic mass is 10.1. The van der Waals surface area contributed by atoms with E-state index in [-0.39, 0.29) is 0 Å². The van der Waals surface area contributed by atoms with Crippen molar-refractivity contribution in [3.05, 3.63) is 24.0 Å². The van der Waals surface area contributed by atoms with Gasteiger partial charge in [-0.1, -0.05) is 0 Å². The Kier molecular flexibility index (Phi) is 5.22. The summed E-state index contributed by atoms with van der Waals surface area (Å²) >= 11 is 0. The second-order valence-electron chi connectivity index (χ2n) is 3.99. The van der Waals surface area contributed by atoms with Crippen LogP contribution in [-0.4, -0.2) is 42.2 Å². The first kappa shape index (κ1) is 12.9. The SMILES string of the molecule is CCOc1cncc(C(O)CCN(C)C)c1. The Morgan fingerprint density at radius 2 is 2.19 bits per heavy atom. The summed E-state index contributed by atoms with van der Waals surface area (Å²) < 4.78 is 5.34. The van der Waals surface area contributed by atoms with Gasteiger partial charge in [0.15, 0.2) is 0 Å². The molecule has 0 bridgehead atoms. The third kappa shape index (κ3) is 4.16. The number of aliphatic hydroxyl groups excluding tert-OH is 1. The highest BCUT2D eigenvalue weighted by molar-refractivity contribution is 5.25. The van der Waals surface area contributed by atoms with E-state index in [1.165, 1.54) is 0 Å². The van der Waals surface area contributed by atoms with Gasteiger partial charge in [-0.3, -0.25) is 4.98 Å². The Morgan fingerprint density at radius 3 is 2.81 bits per heavy atom. The van der Waals surface area contributed by atoms with Crippen molar-refractivity contribution in [2.45, 2.75) is 19.4 Å². The highest BCUT2D eigenvalue weighted by atomic mass is 16.5. The Bertz CT molecular complexity index is 316. The van der Waals surface area contributed by atoms with Gasteiger partial charge in [-0.2, -0.15) is 0 Å². The van der Waals surface area contributed by atoms with Gasteiger partial charge in [0.05, 0.1) is 18.9 Å². The van der Waals surface area contributed by atoms with Gasteiger partial charge in [0.2, 0.25) is 0 Å².